The lowest BCUT2D eigenvalue weighted by molar-refractivity contribution is -0.0559. The number of fused-ring (bicyclic) bond motifs is 5. The Morgan fingerprint density at radius 2 is 1.75 bits per heavy atom. The van der Waals surface area contributed by atoms with Crippen molar-refractivity contribution in [3.63, 3.8) is 0 Å². The molecule has 11 heteroatoms. The number of unbranched alkanes of at least 4 members (excludes halogenated alkanes) is 2. The average molecular weight is 668 g/mol. The fourth-order valence-electron chi connectivity index (χ4n) is 8.30. The molecule has 48 heavy (non-hydrogen) atoms. The van der Waals surface area contributed by atoms with Gasteiger partial charge >= 0.3 is 0 Å². The Kier molecular flexibility index (Phi) is 9.28. The Morgan fingerprint density at radius 3 is 2.40 bits per heavy atom. The van der Waals surface area contributed by atoms with Crippen LogP contribution < -0.4 is 9.47 Å². The summed E-state index contributed by atoms with van der Waals surface area (Å²) < 4.78 is 34.5. The number of Topliss-reactive ketones (excluding diaryl/α,β-unsaturated/α-hetero) is 2. The van der Waals surface area contributed by atoms with Gasteiger partial charge in [0.25, 0.3) is 5.88 Å². The zero-order valence-electron chi connectivity index (χ0n) is 29.4. The van der Waals surface area contributed by atoms with E-state index in [-0.39, 0.29) is 58.0 Å². The van der Waals surface area contributed by atoms with Gasteiger partial charge in [0.05, 0.1) is 24.8 Å². The highest BCUT2D eigenvalue weighted by Gasteiger charge is 2.64. The van der Waals surface area contributed by atoms with Crippen LogP contribution in [0, 0.1) is 23.1 Å². The molecule has 0 bridgehead atoms. The molecule has 0 saturated heterocycles. The first-order chi connectivity index (χ1) is 22.7. The van der Waals surface area contributed by atoms with E-state index < -0.39 is 40.8 Å². The highest BCUT2D eigenvalue weighted by molar-refractivity contribution is 6.16. The van der Waals surface area contributed by atoms with E-state index in [4.69, 9.17) is 14.0 Å². The van der Waals surface area contributed by atoms with Gasteiger partial charge in [-0.05, 0) is 68.3 Å². The van der Waals surface area contributed by atoms with E-state index in [1.165, 1.54) is 0 Å². The topological polar surface area (TPSA) is 126 Å². The Balaban J connectivity index is 1.49. The zero-order valence-corrected chi connectivity index (χ0v) is 29.4. The second-order valence-electron chi connectivity index (χ2n) is 15.4. The van der Waals surface area contributed by atoms with Gasteiger partial charge in [0.15, 0.2) is 17.1 Å². The number of aromatic nitrogens is 1. The molecule has 1 aromatic carbocycles. The minimum atomic E-state index is -2.44. The molecule has 1 aliphatic heterocycles. The van der Waals surface area contributed by atoms with E-state index in [0.717, 1.165) is 32.2 Å². The van der Waals surface area contributed by atoms with Crippen molar-refractivity contribution >= 4 is 11.6 Å². The minimum absolute atomic E-state index is 0.0173. The fourth-order valence-corrected chi connectivity index (χ4v) is 8.30. The van der Waals surface area contributed by atoms with Crippen LogP contribution in [0.3, 0.4) is 0 Å². The summed E-state index contributed by atoms with van der Waals surface area (Å²) in [4.78, 5) is 33.0. The van der Waals surface area contributed by atoms with Gasteiger partial charge in [0, 0.05) is 42.3 Å². The first-order valence-electron chi connectivity index (χ1n) is 17.5. The van der Waals surface area contributed by atoms with Crippen molar-refractivity contribution in [2.45, 2.75) is 97.8 Å². The van der Waals surface area contributed by atoms with Gasteiger partial charge in [-0.15, -0.1) is 0 Å². The Bertz CT molecular complexity index is 1640. The molecule has 4 atom stereocenters. The van der Waals surface area contributed by atoms with E-state index in [2.05, 4.69) is 30.8 Å². The molecule has 0 amide bonds. The number of ketones is 2. The third-order valence-electron chi connectivity index (χ3n) is 10.4. The predicted molar refractivity (Wildman–Crippen MR) is 177 cm³/mol. The van der Waals surface area contributed by atoms with E-state index in [1.807, 2.05) is 13.8 Å². The molecule has 0 unspecified atom stereocenters. The number of benzene rings is 1. The number of rotatable bonds is 10. The lowest BCUT2D eigenvalue weighted by Gasteiger charge is -2.49. The quantitative estimate of drug-likeness (QED) is 0.292. The molecule has 1 aromatic heterocycles. The average Bonchev–Trinajstić information content (AvgIpc) is 3.43. The normalized spacial score (nSPS) is 25.4. The largest absolute Gasteiger partial charge is 0.508 e. The number of hydrogen-bond acceptors (Lipinski definition) is 10. The minimum Gasteiger partial charge on any atom is -0.508 e. The van der Waals surface area contributed by atoms with Crippen LogP contribution in [0.1, 0.15) is 116 Å². The summed E-state index contributed by atoms with van der Waals surface area (Å²) in [6.45, 7) is 13.1. The Labute approximate surface area is 282 Å². The monoisotopic (exact) mass is 667 g/mol. The number of nitrogens with zero attached hydrogens (tertiary/aromatic N) is 3. The Morgan fingerprint density at radius 1 is 1.06 bits per heavy atom. The van der Waals surface area contributed by atoms with Crippen LogP contribution in [0.2, 0.25) is 0 Å². The molecule has 3 aliphatic carbocycles. The maximum atomic E-state index is 16.6. The van der Waals surface area contributed by atoms with E-state index in [9.17, 15) is 19.8 Å². The van der Waals surface area contributed by atoms with Crippen LogP contribution in [0.15, 0.2) is 15.9 Å². The van der Waals surface area contributed by atoms with Gasteiger partial charge in [-0.3, -0.25) is 19.4 Å². The molecule has 10 nitrogen and oxygen atoms in total. The summed E-state index contributed by atoms with van der Waals surface area (Å²) >= 11 is 0. The van der Waals surface area contributed by atoms with Crippen LogP contribution >= 0.6 is 0 Å². The predicted octanol–water partition coefficient (Wildman–Crippen LogP) is 5.99. The summed E-state index contributed by atoms with van der Waals surface area (Å²) in [5.74, 6) is -3.44. The summed E-state index contributed by atoms with van der Waals surface area (Å²) in [5.41, 5.74) is -0.857. The molecule has 0 saturated carbocycles. The van der Waals surface area contributed by atoms with Crippen LogP contribution in [0.25, 0.3) is 0 Å². The summed E-state index contributed by atoms with van der Waals surface area (Å²) in [5, 5.41) is 28.4. The standard InChI is InChI=1S/C37H50FN3O7/c1-8-10-14-46-31-23-18-41(19-36(3,4)5)13-12-21(23)28(38)22-16-20-17-24-29(40(6)7)32-27(35(39-48-32)47-15-11-9-2)34(44)37(24,45)33(43)25(20)30(42)26(22)31/h20,24,29,43,45H,8-19H2,1-7H3/t20-,24-,29-,37-/m0/s1. The number of ether oxygens (including phenoxy) is 2. The molecular formula is C37H50FN3O7. The number of carbonyl (C=O) groups excluding carboxylic acids is 2. The number of hydrogen-bond donors (Lipinski definition) is 2. The van der Waals surface area contributed by atoms with Crippen molar-refractivity contribution < 1.29 is 38.2 Å². The fraction of sp³-hybridized carbons (Fsp3) is 0.649. The first kappa shape index (κ1) is 34.6. The van der Waals surface area contributed by atoms with Crippen LogP contribution in [0.5, 0.6) is 11.6 Å². The van der Waals surface area contributed by atoms with Crippen LogP contribution in [-0.2, 0) is 19.4 Å². The van der Waals surface area contributed by atoms with E-state index in [0.29, 0.717) is 49.6 Å². The van der Waals surface area contributed by atoms with Crippen molar-refractivity contribution in [2.24, 2.45) is 17.3 Å². The van der Waals surface area contributed by atoms with E-state index >= 15 is 4.39 Å². The molecule has 0 fully saturated rings. The summed E-state index contributed by atoms with van der Waals surface area (Å²) in [7, 11) is 3.58. The van der Waals surface area contributed by atoms with Gasteiger partial charge in [-0.25, -0.2) is 4.39 Å². The Hall–Kier alpha value is -3.28. The number of allylic oxidation sites excluding steroid dienone is 1. The lowest BCUT2D eigenvalue weighted by Crippen LogP contribution is -2.59. The molecule has 2 N–H and O–H groups in total. The maximum absolute atomic E-state index is 16.6. The molecular weight excluding hydrogens is 617 g/mol. The second-order valence-corrected chi connectivity index (χ2v) is 15.4. The second kappa shape index (κ2) is 12.9. The van der Waals surface area contributed by atoms with Crippen molar-refractivity contribution in [1.29, 1.82) is 0 Å². The van der Waals surface area contributed by atoms with Gasteiger partial charge in [0.1, 0.15) is 22.9 Å². The van der Waals surface area contributed by atoms with Crippen LogP contribution in [-0.4, -0.2) is 82.7 Å². The SMILES string of the molecule is CCCCOc1noc2c1C(=O)[C@@]1(O)C(O)=C3C(=O)c4c(c(F)c5c(c4OCCCC)CN(CC(C)(C)C)CC5)C[C@H]3C[C@H]1[C@@H]2N(C)C. The molecule has 0 radical (unpaired) electrons. The number of halogens is 1. The third kappa shape index (κ3) is 5.55. The number of aliphatic hydroxyl groups is 2. The number of carbonyl (C=O) groups is 2. The molecule has 4 aliphatic rings. The molecule has 6 rings (SSSR count). The molecule has 0 spiro atoms. The van der Waals surface area contributed by atoms with Gasteiger partial charge < -0.3 is 24.2 Å². The zero-order chi connectivity index (χ0) is 34.7. The van der Waals surface area contributed by atoms with Gasteiger partial charge in [-0.2, -0.15) is 0 Å². The third-order valence-corrected chi connectivity index (χ3v) is 10.4. The molecule has 2 aromatic rings. The van der Waals surface area contributed by atoms with Gasteiger partial charge in [0.2, 0.25) is 5.78 Å². The smallest absolute Gasteiger partial charge is 0.265 e. The van der Waals surface area contributed by atoms with Crippen LogP contribution in [0.4, 0.5) is 4.39 Å². The number of aliphatic hydroxyl groups excluding tert-OH is 1. The summed E-state index contributed by atoms with van der Waals surface area (Å²) in [6.07, 6.45) is 3.99. The highest BCUT2D eigenvalue weighted by Crippen LogP contribution is 2.57. The first-order valence-corrected chi connectivity index (χ1v) is 17.5. The van der Waals surface area contributed by atoms with Gasteiger partial charge in [-0.1, -0.05) is 47.5 Å². The van der Waals surface area contributed by atoms with Crippen molar-refractivity contribution in [2.75, 3.05) is 40.4 Å². The summed E-state index contributed by atoms with van der Waals surface area (Å²) in [6, 6.07) is -0.672. The van der Waals surface area contributed by atoms with Crippen molar-refractivity contribution in [1.82, 2.24) is 15.0 Å². The molecule has 2 heterocycles. The molecule has 262 valence electrons. The lowest BCUT2D eigenvalue weighted by atomic mass is 9.58. The van der Waals surface area contributed by atoms with Crippen molar-refractivity contribution in [3.05, 3.63) is 50.7 Å². The highest BCUT2D eigenvalue weighted by atomic mass is 19.1. The maximum Gasteiger partial charge on any atom is 0.265 e. The van der Waals surface area contributed by atoms with Crippen molar-refractivity contribution in [3.8, 4) is 11.6 Å². The van der Waals surface area contributed by atoms with E-state index in [1.54, 1.807) is 19.0 Å².